The summed E-state index contributed by atoms with van der Waals surface area (Å²) in [5.74, 6) is 1.57. The second kappa shape index (κ2) is 4.14. The van der Waals surface area contributed by atoms with E-state index in [2.05, 4.69) is 36.5 Å². The minimum absolute atomic E-state index is 0.681. The van der Waals surface area contributed by atoms with Crippen molar-refractivity contribution in [2.45, 2.75) is 38.8 Å². The van der Waals surface area contributed by atoms with E-state index in [4.69, 9.17) is 9.97 Å². The number of benzene rings is 1. The van der Waals surface area contributed by atoms with E-state index in [9.17, 15) is 0 Å². The first kappa shape index (κ1) is 11.1. The normalized spacial score (nSPS) is 17.5. The van der Waals surface area contributed by atoms with Crippen molar-refractivity contribution >= 4 is 0 Å². The lowest BCUT2D eigenvalue weighted by molar-refractivity contribution is 0.755. The van der Waals surface area contributed by atoms with Crippen molar-refractivity contribution in [2.24, 2.45) is 0 Å². The zero-order valence-electron chi connectivity index (χ0n) is 11.1. The van der Waals surface area contributed by atoms with E-state index in [0.29, 0.717) is 5.92 Å². The molecule has 1 saturated carbocycles. The number of rotatable bonds is 2. The molecule has 1 N–H and O–H groups in total. The summed E-state index contributed by atoms with van der Waals surface area (Å²) in [5, 5.41) is 3.40. The lowest BCUT2D eigenvalue weighted by Gasteiger charge is -2.09. The van der Waals surface area contributed by atoms with Gasteiger partial charge in [0.25, 0.3) is 0 Å². The minimum Gasteiger partial charge on any atom is -0.307 e. The van der Waals surface area contributed by atoms with Crippen LogP contribution in [0.2, 0.25) is 0 Å². The van der Waals surface area contributed by atoms with Gasteiger partial charge in [-0.25, -0.2) is 9.97 Å². The predicted octanol–water partition coefficient (Wildman–Crippen LogP) is 2.93. The number of nitrogens with zero attached hydrogens (tertiary/aromatic N) is 2. The average Bonchev–Trinajstić information content (AvgIpc) is 3.16. The standard InChI is InChI=1S/C16H17N3/c1-10-2-4-12(5-3-10)16-18-14-9-17-8-13(14)15(19-16)11-6-7-11/h2-5,11,17H,6-9H2,1H3. The molecule has 2 aliphatic rings. The summed E-state index contributed by atoms with van der Waals surface area (Å²) in [6.07, 6.45) is 2.58. The van der Waals surface area contributed by atoms with E-state index in [-0.39, 0.29) is 0 Å². The highest BCUT2D eigenvalue weighted by atomic mass is 15.0. The van der Waals surface area contributed by atoms with Gasteiger partial charge in [0, 0.05) is 30.1 Å². The fourth-order valence-electron chi connectivity index (χ4n) is 2.72. The Morgan fingerprint density at radius 3 is 2.58 bits per heavy atom. The van der Waals surface area contributed by atoms with Crippen LogP contribution in [0.5, 0.6) is 0 Å². The van der Waals surface area contributed by atoms with E-state index in [1.165, 1.54) is 35.4 Å². The number of aromatic nitrogens is 2. The van der Waals surface area contributed by atoms with E-state index in [0.717, 1.165) is 24.5 Å². The van der Waals surface area contributed by atoms with E-state index in [1.54, 1.807) is 0 Å². The first-order valence-corrected chi connectivity index (χ1v) is 6.99. The molecule has 2 heterocycles. The molecular weight excluding hydrogens is 234 g/mol. The Kier molecular flexibility index (Phi) is 2.42. The Morgan fingerprint density at radius 1 is 1.05 bits per heavy atom. The smallest absolute Gasteiger partial charge is 0.159 e. The number of nitrogens with one attached hydrogen (secondary N) is 1. The molecule has 4 rings (SSSR count). The molecule has 1 aromatic carbocycles. The molecule has 0 atom stereocenters. The number of hydrogen-bond donors (Lipinski definition) is 1. The minimum atomic E-state index is 0.681. The number of hydrogen-bond acceptors (Lipinski definition) is 3. The summed E-state index contributed by atoms with van der Waals surface area (Å²) < 4.78 is 0. The lowest BCUT2D eigenvalue weighted by atomic mass is 10.1. The molecule has 1 aliphatic heterocycles. The van der Waals surface area contributed by atoms with Crippen LogP contribution in [0.3, 0.4) is 0 Å². The Hall–Kier alpha value is -1.74. The zero-order valence-corrected chi connectivity index (χ0v) is 11.1. The van der Waals surface area contributed by atoms with Crippen LogP contribution in [0, 0.1) is 6.92 Å². The van der Waals surface area contributed by atoms with Gasteiger partial charge in [-0.2, -0.15) is 0 Å². The fraction of sp³-hybridized carbons (Fsp3) is 0.375. The molecule has 19 heavy (non-hydrogen) atoms. The van der Waals surface area contributed by atoms with Crippen molar-refractivity contribution in [2.75, 3.05) is 0 Å². The fourth-order valence-corrected chi connectivity index (χ4v) is 2.72. The first-order chi connectivity index (χ1) is 9.31. The van der Waals surface area contributed by atoms with Crippen LogP contribution >= 0.6 is 0 Å². The highest BCUT2D eigenvalue weighted by Gasteiger charge is 2.31. The van der Waals surface area contributed by atoms with Crippen LogP contribution in [0.4, 0.5) is 0 Å². The van der Waals surface area contributed by atoms with Gasteiger partial charge in [-0.3, -0.25) is 0 Å². The van der Waals surface area contributed by atoms with Gasteiger partial charge < -0.3 is 5.32 Å². The van der Waals surface area contributed by atoms with Crippen LogP contribution in [-0.4, -0.2) is 9.97 Å². The van der Waals surface area contributed by atoms with Gasteiger partial charge in [0.2, 0.25) is 0 Å². The monoisotopic (exact) mass is 251 g/mol. The number of aryl methyl sites for hydroxylation is 1. The summed E-state index contributed by atoms with van der Waals surface area (Å²) in [6.45, 7) is 3.93. The zero-order chi connectivity index (χ0) is 12.8. The third-order valence-electron chi connectivity index (χ3n) is 3.99. The molecule has 1 aromatic heterocycles. The van der Waals surface area contributed by atoms with Crippen LogP contribution in [0.25, 0.3) is 11.4 Å². The average molecular weight is 251 g/mol. The Labute approximate surface area is 113 Å². The second-order valence-electron chi connectivity index (χ2n) is 5.60. The quantitative estimate of drug-likeness (QED) is 0.891. The molecule has 0 bridgehead atoms. The summed E-state index contributed by atoms with van der Waals surface area (Å²) in [4.78, 5) is 9.61. The highest BCUT2D eigenvalue weighted by Crippen LogP contribution is 2.42. The van der Waals surface area contributed by atoms with Crippen LogP contribution in [-0.2, 0) is 13.1 Å². The molecule has 2 aromatic rings. The summed E-state index contributed by atoms with van der Waals surface area (Å²) in [7, 11) is 0. The van der Waals surface area contributed by atoms with Gasteiger partial charge in [0.1, 0.15) is 0 Å². The van der Waals surface area contributed by atoms with Crippen molar-refractivity contribution in [1.82, 2.24) is 15.3 Å². The van der Waals surface area contributed by atoms with Crippen LogP contribution in [0.1, 0.15) is 41.3 Å². The van der Waals surface area contributed by atoms with Gasteiger partial charge in [-0.05, 0) is 19.8 Å². The van der Waals surface area contributed by atoms with Gasteiger partial charge in [0.15, 0.2) is 5.82 Å². The maximum absolute atomic E-state index is 4.86. The SMILES string of the molecule is Cc1ccc(-c2nc3c(c(C4CC4)n2)CNC3)cc1. The van der Waals surface area contributed by atoms with Gasteiger partial charge in [-0.15, -0.1) is 0 Å². The predicted molar refractivity (Wildman–Crippen MR) is 74.7 cm³/mol. The molecule has 0 radical (unpaired) electrons. The molecule has 1 fully saturated rings. The van der Waals surface area contributed by atoms with Crippen molar-refractivity contribution in [3.63, 3.8) is 0 Å². The van der Waals surface area contributed by atoms with Gasteiger partial charge >= 0.3 is 0 Å². The maximum atomic E-state index is 4.86. The van der Waals surface area contributed by atoms with E-state index < -0.39 is 0 Å². The van der Waals surface area contributed by atoms with E-state index in [1.807, 2.05) is 0 Å². The van der Waals surface area contributed by atoms with Gasteiger partial charge in [0.05, 0.1) is 11.4 Å². The summed E-state index contributed by atoms with van der Waals surface area (Å²) >= 11 is 0. The van der Waals surface area contributed by atoms with Crippen molar-refractivity contribution in [3.8, 4) is 11.4 Å². The second-order valence-corrected chi connectivity index (χ2v) is 5.60. The first-order valence-electron chi connectivity index (χ1n) is 6.99. The van der Waals surface area contributed by atoms with E-state index >= 15 is 0 Å². The largest absolute Gasteiger partial charge is 0.307 e. The Morgan fingerprint density at radius 2 is 1.84 bits per heavy atom. The third-order valence-corrected chi connectivity index (χ3v) is 3.99. The Balaban J connectivity index is 1.84. The van der Waals surface area contributed by atoms with Crippen molar-refractivity contribution in [3.05, 3.63) is 46.8 Å². The molecule has 3 nitrogen and oxygen atoms in total. The molecule has 0 spiro atoms. The third kappa shape index (κ3) is 1.94. The topological polar surface area (TPSA) is 37.8 Å². The molecule has 0 amide bonds. The van der Waals surface area contributed by atoms with Crippen LogP contribution < -0.4 is 5.32 Å². The molecule has 96 valence electrons. The van der Waals surface area contributed by atoms with Crippen molar-refractivity contribution in [1.29, 1.82) is 0 Å². The van der Waals surface area contributed by atoms with Gasteiger partial charge in [-0.1, -0.05) is 29.8 Å². The number of fused-ring (bicyclic) bond motifs is 1. The molecule has 3 heteroatoms. The lowest BCUT2D eigenvalue weighted by Crippen LogP contribution is -2.02. The molecule has 0 saturated heterocycles. The highest BCUT2D eigenvalue weighted by molar-refractivity contribution is 5.57. The van der Waals surface area contributed by atoms with Crippen molar-refractivity contribution < 1.29 is 0 Å². The molecule has 1 aliphatic carbocycles. The molecule has 0 unspecified atom stereocenters. The van der Waals surface area contributed by atoms with Crippen LogP contribution in [0.15, 0.2) is 24.3 Å². The summed E-state index contributed by atoms with van der Waals surface area (Å²) in [6, 6.07) is 8.49. The molecular formula is C16H17N3. The maximum Gasteiger partial charge on any atom is 0.159 e. The Bertz CT molecular complexity index is 627. The summed E-state index contributed by atoms with van der Waals surface area (Å²) in [5.41, 5.74) is 6.26.